The van der Waals surface area contributed by atoms with E-state index in [0.717, 1.165) is 26.2 Å². The second-order valence-corrected chi connectivity index (χ2v) is 5.86. The van der Waals surface area contributed by atoms with Crippen LogP contribution in [0.2, 0.25) is 0 Å². The van der Waals surface area contributed by atoms with E-state index in [4.69, 9.17) is 0 Å². The van der Waals surface area contributed by atoms with E-state index >= 15 is 0 Å². The highest BCUT2D eigenvalue weighted by Crippen LogP contribution is 2.13. The lowest BCUT2D eigenvalue weighted by molar-refractivity contribution is -0.133. The molecule has 1 aromatic heterocycles. The lowest BCUT2D eigenvalue weighted by Gasteiger charge is -2.29. The summed E-state index contributed by atoms with van der Waals surface area (Å²) in [6, 6.07) is 4.21. The van der Waals surface area contributed by atoms with E-state index in [9.17, 15) is 4.79 Å². The molecular formula is C14H22N2OS. The van der Waals surface area contributed by atoms with Crippen LogP contribution in [-0.2, 0) is 11.3 Å². The molecule has 1 saturated heterocycles. The Kier molecular flexibility index (Phi) is 5.20. The minimum atomic E-state index is 0.299. The van der Waals surface area contributed by atoms with Gasteiger partial charge in [-0.1, -0.05) is 13.0 Å². The average molecular weight is 266 g/mol. The Labute approximate surface area is 113 Å². The molecule has 18 heavy (non-hydrogen) atoms. The van der Waals surface area contributed by atoms with Gasteiger partial charge < -0.3 is 4.90 Å². The Bertz CT molecular complexity index is 358. The van der Waals surface area contributed by atoms with Crippen molar-refractivity contribution in [3.8, 4) is 0 Å². The molecule has 0 N–H and O–H groups in total. The molecule has 1 aliphatic heterocycles. The van der Waals surface area contributed by atoms with Gasteiger partial charge in [-0.3, -0.25) is 9.69 Å². The van der Waals surface area contributed by atoms with Crippen LogP contribution in [0.5, 0.6) is 0 Å². The van der Waals surface area contributed by atoms with Crippen LogP contribution in [0.15, 0.2) is 17.5 Å². The summed E-state index contributed by atoms with van der Waals surface area (Å²) in [5, 5.41) is 2.09. The quantitative estimate of drug-likeness (QED) is 0.818. The number of likely N-dealkylation sites (N-methyl/N-ethyl adjacent to an activating group) is 1. The smallest absolute Gasteiger partial charge is 0.236 e. The first-order valence-electron chi connectivity index (χ1n) is 6.82. The van der Waals surface area contributed by atoms with Gasteiger partial charge in [0.25, 0.3) is 0 Å². The van der Waals surface area contributed by atoms with Crippen LogP contribution in [-0.4, -0.2) is 41.9 Å². The minimum absolute atomic E-state index is 0.299. The lowest BCUT2D eigenvalue weighted by Crippen LogP contribution is -2.42. The Morgan fingerprint density at radius 2 is 2.17 bits per heavy atom. The van der Waals surface area contributed by atoms with Crippen molar-refractivity contribution in [2.45, 2.75) is 32.7 Å². The summed E-state index contributed by atoms with van der Waals surface area (Å²) in [7, 11) is 0. The Hall–Kier alpha value is -0.870. The highest BCUT2D eigenvalue weighted by Gasteiger charge is 2.18. The minimum Gasteiger partial charge on any atom is -0.342 e. The molecule has 0 radical (unpaired) electrons. The molecule has 3 nitrogen and oxygen atoms in total. The van der Waals surface area contributed by atoms with Gasteiger partial charge in [-0.25, -0.2) is 0 Å². The van der Waals surface area contributed by atoms with E-state index in [1.807, 2.05) is 4.90 Å². The first-order valence-corrected chi connectivity index (χ1v) is 7.70. The monoisotopic (exact) mass is 266 g/mol. The van der Waals surface area contributed by atoms with Gasteiger partial charge in [0.2, 0.25) is 5.91 Å². The molecule has 2 heterocycles. The molecule has 0 aliphatic carbocycles. The number of amides is 1. The largest absolute Gasteiger partial charge is 0.342 e. The molecule has 1 fully saturated rings. The van der Waals surface area contributed by atoms with Crippen molar-refractivity contribution in [3.05, 3.63) is 22.4 Å². The molecule has 0 aromatic carbocycles. The Morgan fingerprint density at radius 1 is 1.39 bits per heavy atom. The summed E-state index contributed by atoms with van der Waals surface area (Å²) in [6.07, 6.45) is 3.61. The van der Waals surface area contributed by atoms with Crippen LogP contribution in [0, 0.1) is 0 Å². The molecule has 100 valence electrons. The summed E-state index contributed by atoms with van der Waals surface area (Å²) < 4.78 is 0. The maximum atomic E-state index is 12.2. The molecule has 0 saturated carbocycles. The number of piperidine rings is 1. The predicted octanol–water partition coefficient (Wildman–Crippen LogP) is 2.58. The first kappa shape index (κ1) is 13.6. The Balaban J connectivity index is 1.83. The van der Waals surface area contributed by atoms with E-state index in [-0.39, 0.29) is 0 Å². The van der Waals surface area contributed by atoms with Gasteiger partial charge in [0.15, 0.2) is 0 Å². The normalized spacial score (nSPS) is 16.2. The zero-order valence-electron chi connectivity index (χ0n) is 11.1. The molecular weight excluding hydrogens is 244 g/mol. The van der Waals surface area contributed by atoms with Crippen LogP contribution >= 0.6 is 11.3 Å². The SMILES string of the molecule is CCN(CC(=O)N1CCCCC1)Cc1cccs1. The van der Waals surface area contributed by atoms with E-state index in [2.05, 4.69) is 29.3 Å². The van der Waals surface area contributed by atoms with E-state index in [1.54, 1.807) is 11.3 Å². The summed E-state index contributed by atoms with van der Waals surface area (Å²) in [5.74, 6) is 0.299. The van der Waals surface area contributed by atoms with Gasteiger partial charge in [0, 0.05) is 24.5 Å². The maximum absolute atomic E-state index is 12.2. The number of thiophene rings is 1. The fourth-order valence-corrected chi connectivity index (χ4v) is 3.08. The van der Waals surface area contributed by atoms with Gasteiger partial charge in [0.05, 0.1) is 6.54 Å². The highest BCUT2D eigenvalue weighted by atomic mass is 32.1. The number of likely N-dealkylation sites (tertiary alicyclic amines) is 1. The average Bonchev–Trinajstić information content (AvgIpc) is 2.91. The van der Waals surface area contributed by atoms with Crippen molar-refractivity contribution in [3.63, 3.8) is 0 Å². The molecule has 1 amide bonds. The van der Waals surface area contributed by atoms with Crippen LogP contribution in [0.3, 0.4) is 0 Å². The number of nitrogens with zero attached hydrogens (tertiary/aromatic N) is 2. The van der Waals surface area contributed by atoms with Gasteiger partial charge in [0.1, 0.15) is 0 Å². The molecule has 4 heteroatoms. The van der Waals surface area contributed by atoms with Crippen molar-refractivity contribution in [1.82, 2.24) is 9.80 Å². The van der Waals surface area contributed by atoms with E-state index in [1.165, 1.54) is 24.1 Å². The second kappa shape index (κ2) is 6.90. The number of carbonyl (C=O) groups is 1. The van der Waals surface area contributed by atoms with Crippen molar-refractivity contribution < 1.29 is 4.79 Å². The highest BCUT2D eigenvalue weighted by molar-refractivity contribution is 7.09. The van der Waals surface area contributed by atoms with Crippen molar-refractivity contribution in [2.75, 3.05) is 26.2 Å². The van der Waals surface area contributed by atoms with Crippen LogP contribution in [0.25, 0.3) is 0 Å². The molecule has 0 spiro atoms. The number of hydrogen-bond acceptors (Lipinski definition) is 3. The maximum Gasteiger partial charge on any atom is 0.236 e. The van der Waals surface area contributed by atoms with Crippen LogP contribution in [0.1, 0.15) is 31.1 Å². The van der Waals surface area contributed by atoms with Crippen LogP contribution in [0.4, 0.5) is 0 Å². The van der Waals surface area contributed by atoms with Crippen molar-refractivity contribution >= 4 is 17.2 Å². The van der Waals surface area contributed by atoms with Gasteiger partial charge in [-0.05, 0) is 37.3 Å². The zero-order valence-corrected chi connectivity index (χ0v) is 11.9. The Morgan fingerprint density at radius 3 is 2.78 bits per heavy atom. The molecule has 0 bridgehead atoms. The van der Waals surface area contributed by atoms with Crippen molar-refractivity contribution in [1.29, 1.82) is 0 Å². The number of carbonyl (C=O) groups excluding carboxylic acids is 1. The van der Waals surface area contributed by atoms with Crippen molar-refractivity contribution in [2.24, 2.45) is 0 Å². The summed E-state index contributed by atoms with van der Waals surface area (Å²) in [5.41, 5.74) is 0. The van der Waals surface area contributed by atoms with E-state index < -0.39 is 0 Å². The molecule has 0 atom stereocenters. The fourth-order valence-electron chi connectivity index (χ4n) is 2.34. The molecule has 1 aliphatic rings. The second-order valence-electron chi connectivity index (χ2n) is 4.82. The number of rotatable bonds is 5. The fraction of sp³-hybridized carbons (Fsp3) is 0.643. The summed E-state index contributed by atoms with van der Waals surface area (Å²) in [6.45, 7) is 6.42. The topological polar surface area (TPSA) is 23.6 Å². The third kappa shape index (κ3) is 3.82. The van der Waals surface area contributed by atoms with Crippen LogP contribution < -0.4 is 0 Å². The first-order chi connectivity index (χ1) is 8.79. The lowest BCUT2D eigenvalue weighted by atomic mass is 10.1. The van der Waals surface area contributed by atoms with Gasteiger partial charge in [-0.2, -0.15) is 0 Å². The number of hydrogen-bond donors (Lipinski definition) is 0. The summed E-state index contributed by atoms with van der Waals surface area (Å²) >= 11 is 1.76. The van der Waals surface area contributed by atoms with Gasteiger partial charge in [-0.15, -0.1) is 11.3 Å². The summed E-state index contributed by atoms with van der Waals surface area (Å²) in [4.78, 5) is 17.8. The molecule has 2 rings (SSSR count). The predicted molar refractivity (Wildman–Crippen MR) is 75.7 cm³/mol. The third-order valence-corrected chi connectivity index (χ3v) is 4.34. The standard InChI is InChI=1S/C14H22N2OS/c1-2-15(11-13-7-6-10-18-13)12-14(17)16-8-4-3-5-9-16/h6-7,10H,2-5,8-9,11-12H2,1H3. The van der Waals surface area contributed by atoms with Gasteiger partial charge >= 0.3 is 0 Å². The third-order valence-electron chi connectivity index (χ3n) is 3.47. The van der Waals surface area contributed by atoms with E-state index in [0.29, 0.717) is 12.5 Å². The molecule has 0 unspecified atom stereocenters. The molecule has 1 aromatic rings. The zero-order chi connectivity index (χ0) is 12.8.